The normalized spacial score (nSPS) is 17.6. The third-order valence-electron chi connectivity index (χ3n) is 5.81. The molecule has 0 saturated carbocycles. The monoisotopic (exact) mass is 359 g/mol. The number of nitrogens with zero attached hydrogens (tertiary/aromatic N) is 3. The molecule has 0 atom stereocenters. The SMILES string of the molecule is CC(C)(C)CCCN1CCN(CCC(C)(C)CCc2ccncc2)CC1. The third kappa shape index (κ3) is 8.64. The van der Waals surface area contributed by atoms with E-state index in [9.17, 15) is 0 Å². The molecule has 1 aliphatic rings. The second-order valence-corrected chi connectivity index (χ2v) is 10.1. The second kappa shape index (κ2) is 9.85. The maximum Gasteiger partial charge on any atom is 0.0270 e. The van der Waals surface area contributed by atoms with Gasteiger partial charge in [-0.2, -0.15) is 0 Å². The highest BCUT2D eigenvalue weighted by atomic mass is 15.3. The summed E-state index contributed by atoms with van der Waals surface area (Å²) in [5, 5.41) is 0. The van der Waals surface area contributed by atoms with Gasteiger partial charge in [-0.1, -0.05) is 34.6 Å². The summed E-state index contributed by atoms with van der Waals surface area (Å²) in [7, 11) is 0. The number of hydrogen-bond donors (Lipinski definition) is 0. The van der Waals surface area contributed by atoms with E-state index in [0.717, 1.165) is 6.42 Å². The van der Waals surface area contributed by atoms with Gasteiger partial charge in [0.2, 0.25) is 0 Å². The second-order valence-electron chi connectivity index (χ2n) is 10.1. The van der Waals surface area contributed by atoms with Gasteiger partial charge >= 0.3 is 0 Å². The third-order valence-corrected chi connectivity index (χ3v) is 5.81. The largest absolute Gasteiger partial charge is 0.301 e. The molecular formula is C23H41N3. The van der Waals surface area contributed by atoms with Crippen molar-refractivity contribution in [3.05, 3.63) is 30.1 Å². The van der Waals surface area contributed by atoms with E-state index < -0.39 is 0 Å². The Kier molecular flexibility index (Phi) is 8.09. The molecule has 1 aromatic heterocycles. The van der Waals surface area contributed by atoms with E-state index in [0.29, 0.717) is 10.8 Å². The lowest BCUT2D eigenvalue weighted by atomic mass is 9.83. The molecule has 0 spiro atoms. The van der Waals surface area contributed by atoms with Crippen molar-refractivity contribution >= 4 is 0 Å². The molecule has 26 heavy (non-hydrogen) atoms. The molecule has 0 N–H and O–H groups in total. The van der Waals surface area contributed by atoms with Crippen LogP contribution in [0.1, 0.15) is 65.9 Å². The van der Waals surface area contributed by atoms with Crippen LogP contribution in [0.15, 0.2) is 24.5 Å². The minimum Gasteiger partial charge on any atom is -0.301 e. The topological polar surface area (TPSA) is 19.4 Å². The lowest BCUT2D eigenvalue weighted by molar-refractivity contribution is 0.114. The van der Waals surface area contributed by atoms with E-state index in [4.69, 9.17) is 0 Å². The summed E-state index contributed by atoms with van der Waals surface area (Å²) >= 11 is 0. The smallest absolute Gasteiger partial charge is 0.0270 e. The Labute approximate surface area is 162 Å². The number of rotatable bonds is 9. The first-order valence-electron chi connectivity index (χ1n) is 10.6. The van der Waals surface area contributed by atoms with Crippen LogP contribution in [0.25, 0.3) is 0 Å². The fourth-order valence-corrected chi connectivity index (χ4v) is 3.69. The van der Waals surface area contributed by atoms with Crippen LogP contribution in [-0.4, -0.2) is 54.1 Å². The van der Waals surface area contributed by atoms with Crippen LogP contribution >= 0.6 is 0 Å². The van der Waals surface area contributed by atoms with Crippen molar-refractivity contribution in [3.8, 4) is 0 Å². The van der Waals surface area contributed by atoms with Gasteiger partial charge in [0.15, 0.2) is 0 Å². The summed E-state index contributed by atoms with van der Waals surface area (Å²) < 4.78 is 0. The molecule has 0 unspecified atom stereocenters. The van der Waals surface area contributed by atoms with Crippen LogP contribution < -0.4 is 0 Å². The quantitative estimate of drug-likeness (QED) is 0.627. The molecule has 3 nitrogen and oxygen atoms in total. The zero-order valence-electron chi connectivity index (χ0n) is 17.9. The Morgan fingerprint density at radius 2 is 1.38 bits per heavy atom. The van der Waals surface area contributed by atoms with E-state index in [2.05, 4.69) is 61.5 Å². The van der Waals surface area contributed by atoms with E-state index in [1.54, 1.807) is 0 Å². The molecular weight excluding hydrogens is 318 g/mol. The lowest BCUT2D eigenvalue weighted by Gasteiger charge is -2.37. The van der Waals surface area contributed by atoms with Gasteiger partial charge in [0.25, 0.3) is 0 Å². The van der Waals surface area contributed by atoms with Gasteiger partial charge in [-0.3, -0.25) is 4.98 Å². The van der Waals surface area contributed by atoms with Gasteiger partial charge in [-0.15, -0.1) is 0 Å². The predicted molar refractivity (Wildman–Crippen MR) is 113 cm³/mol. The van der Waals surface area contributed by atoms with Gasteiger partial charge in [0.05, 0.1) is 0 Å². The maximum atomic E-state index is 4.11. The highest BCUT2D eigenvalue weighted by molar-refractivity contribution is 5.09. The summed E-state index contributed by atoms with van der Waals surface area (Å²) in [4.78, 5) is 9.45. The molecule has 1 fully saturated rings. The maximum absolute atomic E-state index is 4.11. The van der Waals surface area contributed by atoms with E-state index >= 15 is 0 Å². The van der Waals surface area contributed by atoms with E-state index in [-0.39, 0.29) is 0 Å². The predicted octanol–water partition coefficient (Wildman–Crippen LogP) is 4.87. The highest BCUT2D eigenvalue weighted by Crippen LogP contribution is 2.27. The van der Waals surface area contributed by atoms with Crippen LogP contribution in [-0.2, 0) is 6.42 Å². The van der Waals surface area contributed by atoms with Gasteiger partial charge in [0.1, 0.15) is 0 Å². The average molecular weight is 360 g/mol. The van der Waals surface area contributed by atoms with Gasteiger partial charge in [-0.05, 0) is 73.7 Å². The number of pyridine rings is 1. The zero-order chi connectivity index (χ0) is 19.0. The first kappa shape index (κ1) is 21.4. The van der Waals surface area contributed by atoms with Gasteiger partial charge in [-0.25, -0.2) is 0 Å². The Bertz CT molecular complexity index is 496. The standard InChI is InChI=1S/C23H41N3/c1-22(2,3)10-6-15-25-17-19-26(20-18-25)16-12-23(4,5)11-7-21-8-13-24-14-9-21/h8-9,13-14H,6-7,10-12,15-20H2,1-5H3. The number of hydrogen-bond acceptors (Lipinski definition) is 3. The Balaban J connectivity index is 1.61. The first-order chi connectivity index (χ1) is 12.2. The van der Waals surface area contributed by atoms with Crippen molar-refractivity contribution in [2.75, 3.05) is 39.3 Å². The molecule has 0 aromatic carbocycles. The molecule has 0 aliphatic carbocycles. The number of aromatic nitrogens is 1. The Morgan fingerprint density at radius 1 is 0.808 bits per heavy atom. The average Bonchev–Trinajstić information content (AvgIpc) is 2.59. The van der Waals surface area contributed by atoms with Crippen LogP contribution in [0.4, 0.5) is 0 Å². The first-order valence-corrected chi connectivity index (χ1v) is 10.6. The highest BCUT2D eigenvalue weighted by Gasteiger charge is 2.22. The molecule has 2 rings (SSSR count). The fraction of sp³-hybridized carbons (Fsp3) is 0.783. The van der Waals surface area contributed by atoms with E-state index in [1.165, 1.54) is 70.5 Å². The van der Waals surface area contributed by atoms with Crippen molar-refractivity contribution in [2.24, 2.45) is 10.8 Å². The molecule has 3 heteroatoms. The molecule has 2 heterocycles. The summed E-state index contributed by atoms with van der Waals surface area (Å²) in [6, 6.07) is 4.30. The summed E-state index contributed by atoms with van der Waals surface area (Å²) in [5.41, 5.74) is 2.30. The van der Waals surface area contributed by atoms with Crippen LogP contribution in [0.3, 0.4) is 0 Å². The van der Waals surface area contributed by atoms with Crippen molar-refractivity contribution in [1.29, 1.82) is 0 Å². The van der Waals surface area contributed by atoms with Gasteiger partial charge in [0, 0.05) is 38.6 Å². The number of aryl methyl sites for hydroxylation is 1. The number of piperazine rings is 1. The van der Waals surface area contributed by atoms with Gasteiger partial charge < -0.3 is 9.80 Å². The minimum atomic E-state index is 0.410. The van der Waals surface area contributed by atoms with Crippen LogP contribution in [0.5, 0.6) is 0 Å². The Hall–Kier alpha value is -0.930. The van der Waals surface area contributed by atoms with Crippen molar-refractivity contribution in [2.45, 2.75) is 66.7 Å². The molecule has 0 radical (unpaired) electrons. The molecule has 0 bridgehead atoms. The Morgan fingerprint density at radius 3 is 1.96 bits per heavy atom. The molecule has 0 amide bonds. The van der Waals surface area contributed by atoms with Crippen molar-refractivity contribution in [3.63, 3.8) is 0 Å². The van der Waals surface area contributed by atoms with Crippen LogP contribution in [0.2, 0.25) is 0 Å². The molecule has 148 valence electrons. The summed E-state index contributed by atoms with van der Waals surface area (Å²) in [6.07, 6.45) is 10.2. The molecule has 1 aromatic rings. The van der Waals surface area contributed by atoms with Crippen molar-refractivity contribution < 1.29 is 0 Å². The summed E-state index contributed by atoms with van der Waals surface area (Å²) in [5.74, 6) is 0. The summed E-state index contributed by atoms with van der Waals surface area (Å²) in [6.45, 7) is 19.4. The fourth-order valence-electron chi connectivity index (χ4n) is 3.69. The van der Waals surface area contributed by atoms with E-state index in [1.807, 2.05) is 12.4 Å². The minimum absolute atomic E-state index is 0.410. The van der Waals surface area contributed by atoms with Crippen LogP contribution in [0, 0.1) is 10.8 Å². The lowest BCUT2D eigenvalue weighted by Crippen LogP contribution is -2.47. The molecule has 1 aliphatic heterocycles. The van der Waals surface area contributed by atoms with Crippen molar-refractivity contribution in [1.82, 2.24) is 14.8 Å². The molecule has 1 saturated heterocycles. The zero-order valence-corrected chi connectivity index (χ0v) is 17.9.